The van der Waals surface area contributed by atoms with Crippen LogP contribution in [0.4, 0.5) is 4.79 Å². The second-order valence-corrected chi connectivity index (χ2v) is 5.86. The first kappa shape index (κ1) is 15.2. The maximum absolute atomic E-state index is 12.3. The molecule has 2 aromatic heterocycles. The largest absolute Gasteiger partial charge is 0.334 e. The van der Waals surface area contributed by atoms with E-state index in [1.807, 2.05) is 59.3 Å². The summed E-state index contributed by atoms with van der Waals surface area (Å²) in [5.41, 5.74) is 3.13. The van der Waals surface area contributed by atoms with E-state index in [0.29, 0.717) is 6.54 Å². The molecular weight excluding hydrogens is 306 g/mol. The molecule has 0 radical (unpaired) electrons. The third kappa shape index (κ3) is 4.17. The van der Waals surface area contributed by atoms with Gasteiger partial charge in [0.05, 0.1) is 6.04 Å². The highest BCUT2D eigenvalue weighted by atomic mass is 32.1. The molecule has 4 nitrogen and oxygen atoms in total. The quantitative estimate of drug-likeness (QED) is 0.751. The molecule has 0 fully saturated rings. The van der Waals surface area contributed by atoms with Crippen LogP contribution in [0.2, 0.25) is 0 Å². The molecule has 3 rings (SSSR count). The Labute approximate surface area is 139 Å². The maximum atomic E-state index is 12.3. The second-order valence-electron chi connectivity index (χ2n) is 5.08. The molecule has 1 aromatic carbocycles. The van der Waals surface area contributed by atoms with Crippen molar-refractivity contribution in [1.82, 2.24) is 15.6 Å². The molecule has 2 heterocycles. The summed E-state index contributed by atoms with van der Waals surface area (Å²) >= 11 is 1.62. The van der Waals surface area contributed by atoms with Gasteiger partial charge in [0, 0.05) is 18.9 Å². The van der Waals surface area contributed by atoms with Crippen molar-refractivity contribution in [1.29, 1.82) is 0 Å². The Morgan fingerprint density at radius 2 is 1.78 bits per heavy atom. The van der Waals surface area contributed by atoms with Crippen molar-refractivity contribution >= 4 is 17.4 Å². The summed E-state index contributed by atoms with van der Waals surface area (Å²) in [6, 6.07) is 15.3. The number of nitrogens with one attached hydrogen (secondary N) is 2. The van der Waals surface area contributed by atoms with Gasteiger partial charge in [-0.15, -0.1) is 0 Å². The molecule has 0 spiro atoms. The molecule has 0 saturated carbocycles. The van der Waals surface area contributed by atoms with Crippen molar-refractivity contribution < 1.29 is 4.79 Å². The van der Waals surface area contributed by atoms with Crippen LogP contribution in [0, 0.1) is 0 Å². The first-order valence-electron chi connectivity index (χ1n) is 7.33. The Bertz CT molecular complexity index is 690. The minimum absolute atomic E-state index is 0.193. The van der Waals surface area contributed by atoms with Gasteiger partial charge in [-0.25, -0.2) is 4.79 Å². The number of thiophene rings is 1. The topological polar surface area (TPSA) is 54.0 Å². The third-order valence-electron chi connectivity index (χ3n) is 3.48. The summed E-state index contributed by atoms with van der Waals surface area (Å²) in [5, 5.41) is 9.96. The number of carbonyl (C=O) groups is 1. The molecule has 0 saturated heterocycles. The average molecular weight is 323 g/mol. The summed E-state index contributed by atoms with van der Waals surface area (Å²) in [6.07, 6.45) is 3.46. The molecule has 0 unspecified atom stereocenters. The van der Waals surface area contributed by atoms with Gasteiger partial charge in [-0.05, 0) is 45.6 Å². The SMILES string of the molecule is O=C(NCc1ccsc1)N[C@H](c1ccccc1)c1ccncc1. The highest BCUT2D eigenvalue weighted by Crippen LogP contribution is 2.21. The number of rotatable bonds is 5. The van der Waals surface area contributed by atoms with E-state index in [1.165, 1.54) is 0 Å². The number of aromatic nitrogens is 1. The number of nitrogens with zero attached hydrogens (tertiary/aromatic N) is 1. The van der Waals surface area contributed by atoms with Gasteiger partial charge in [0.25, 0.3) is 0 Å². The molecule has 0 bridgehead atoms. The van der Waals surface area contributed by atoms with Gasteiger partial charge in [0.1, 0.15) is 0 Å². The van der Waals surface area contributed by atoms with Crippen LogP contribution in [0.3, 0.4) is 0 Å². The van der Waals surface area contributed by atoms with Crippen molar-refractivity contribution in [3.05, 3.63) is 88.4 Å². The predicted octanol–water partition coefficient (Wildman–Crippen LogP) is 3.73. The zero-order valence-corrected chi connectivity index (χ0v) is 13.3. The van der Waals surface area contributed by atoms with Crippen molar-refractivity contribution in [2.24, 2.45) is 0 Å². The number of hydrogen-bond donors (Lipinski definition) is 2. The van der Waals surface area contributed by atoms with E-state index in [9.17, 15) is 4.79 Å². The molecular formula is C18H17N3OS. The average Bonchev–Trinajstić information content (AvgIpc) is 3.13. The van der Waals surface area contributed by atoms with E-state index in [2.05, 4.69) is 15.6 Å². The van der Waals surface area contributed by atoms with E-state index in [4.69, 9.17) is 0 Å². The van der Waals surface area contributed by atoms with E-state index in [1.54, 1.807) is 23.7 Å². The summed E-state index contributed by atoms with van der Waals surface area (Å²) in [6.45, 7) is 0.521. The zero-order valence-electron chi connectivity index (χ0n) is 12.5. The number of benzene rings is 1. The van der Waals surface area contributed by atoms with Gasteiger partial charge in [-0.3, -0.25) is 4.98 Å². The molecule has 5 heteroatoms. The minimum atomic E-state index is -0.207. The number of hydrogen-bond acceptors (Lipinski definition) is 3. The van der Waals surface area contributed by atoms with Crippen LogP contribution in [0.15, 0.2) is 71.7 Å². The lowest BCUT2D eigenvalue weighted by Gasteiger charge is -2.20. The molecule has 1 atom stereocenters. The normalized spacial score (nSPS) is 11.7. The maximum Gasteiger partial charge on any atom is 0.315 e. The molecule has 2 amide bonds. The Kier molecular flexibility index (Phi) is 5.01. The molecule has 0 aliphatic heterocycles. The Morgan fingerprint density at radius 3 is 2.48 bits per heavy atom. The van der Waals surface area contributed by atoms with Crippen LogP contribution in [-0.4, -0.2) is 11.0 Å². The highest BCUT2D eigenvalue weighted by Gasteiger charge is 2.16. The molecule has 116 valence electrons. The summed E-state index contributed by atoms with van der Waals surface area (Å²) in [4.78, 5) is 16.3. The molecule has 3 aromatic rings. The lowest BCUT2D eigenvalue weighted by atomic mass is 10.00. The van der Waals surface area contributed by atoms with Crippen LogP contribution in [0.1, 0.15) is 22.7 Å². The molecule has 0 aliphatic rings. The summed E-state index contributed by atoms with van der Waals surface area (Å²) in [5.74, 6) is 0. The van der Waals surface area contributed by atoms with Crippen LogP contribution < -0.4 is 10.6 Å². The summed E-state index contributed by atoms with van der Waals surface area (Å²) < 4.78 is 0. The van der Waals surface area contributed by atoms with E-state index < -0.39 is 0 Å². The fraction of sp³-hybridized carbons (Fsp3) is 0.111. The first-order chi connectivity index (χ1) is 11.3. The Morgan fingerprint density at radius 1 is 1.04 bits per heavy atom. The Balaban J connectivity index is 1.72. The van der Waals surface area contributed by atoms with E-state index >= 15 is 0 Å². The number of pyridine rings is 1. The lowest BCUT2D eigenvalue weighted by molar-refractivity contribution is 0.238. The van der Waals surface area contributed by atoms with Crippen LogP contribution in [0.25, 0.3) is 0 Å². The van der Waals surface area contributed by atoms with Crippen molar-refractivity contribution in [2.75, 3.05) is 0 Å². The van der Waals surface area contributed by atoms with Gasteiger partial charge in [0.2, 0.25) is 0 Å². The number of amides is 2. The van der Waals surface area contributed by atoms with Gasteiger partial charge >= 0.3 is 6.03 Å². The van der Waals surface area contributed by atoms with Crippen LogP contribution in [0.5, 0.6) is 0 Å². The number of carbonyl (C=O) groups excluding carboxylic acids is 1. The van der Waals surface area contributed by atoms with Crippen molar-refractivity contribution in [3.8, 4) is 0 Å². The van der Waals surface area contributed by atoms with E-state index in [-0.39, 0.29) is 12.1 Å². The first-order valence-corrected chi connectivity index (χ1v) is 8.27. The lowest BCUT2D eigenvalue weighted by Crippen LogP contribution is -2.38. The fourth-order valence-corrected chi connectivity index (χ4v) is 2.99. The number of urea groups is 1. The van der Waals surface area contributed by atoms with Gasteiger partial charge < -0.3 is 10.6 Å². The second kappa shape index (κ2) is 7.56. The standard InChI is InChI=1S/C18H17N3OS/c22-18(20-12-14-8-11-23-13-14)21-17(15-4-2-1-3-5-15)16-6-9-19-10-7-16/h1-11,13,17H,12H2,(H2,20,21,22)/t17-/m1/s1. The third-order valence-corrected chi connectivity index (χ3v) is 4.21. The van der Waals surface area contributed by atoms with Crippen molar-refractivity contribution in [2.45, 2.75) is 12.6 Å². The molecule has 2 N–H and O–H groups in total. The Hall–Kier alpha value is -2.66. The summed E-state index contributed by atoms with van der Waals surface area (Å²) in [7, 11) is 0. The predicted molar refractivity (Wildman–Crippen MR) is 92.2 cm³/mol. The highest BCUT2D eigenvalue weighted by molar-refractivity contribution is 7.07. The van der Waals surface area contributed by atoms with Gasteiger partial charge in [-0.2, -0.15) is 11.3 Å². The smallest absolute Gasteiger partial charge is 0.315 e. The zero-order chi connectivity index (χ0) is 15.9. The van der Waals surface area contributed by atoms with Crippen LogP contribution >= 0.6 is 11.3 Å². The fourth-order valence-electron chi connectivity index (χ4n) is 2.32. The van der Waals surface area contributed by atoms with Crippen molar-refractivity contribution in [3.63, 3.8) is 0 Å². The monoisotopic (exact) mass is 323 g/mol. The molecule has 23 heavy (non-hydrogen) atoms. The minimum Gasteiger partial charge on any atom is -0.334 e. The van der Waals surface area contributed by atoms with Gasteiger partial charge in [0.15, 0.2) is 0 Å². The van der Waals surface area contributed by atoms with Crippen LogP contribution in [-0.2, 0) is 6.54 Å². The van der Waals surface area contributed by atoms with E-state index in [0.717, 1.165) is 16.7 Å². The van der Waals surface area contributed by atoms with Gasteiger partial charge in [-0.1, -0.05) is 30.3 Å². The molecule has 0 aliphatic carbocycles.